The predicted molar refractivity (Wildman–Crippen MR) is 40.6 cm³/mol. The lowest BCUT2D eigenvalue weighted by Crippen LogP contribution is -2.27. The number of terminal acetylenes is 1. The molecule has 0 amide bonds. The van der Waals surface area contributed by atoms with Crippen molar-refractivity contribution in [3.05, 3.63) is 0 Å². The molecule has 0 radical (unpaired) electrons. The van der Waals surface area contributed by atoms with Crippen LogP contribution in [0.5, 0.6) is 0 Å². The predicted octanol–water partition coefficient (Wildman–Crippen LogP) is 0.246. The highest BCUT2D eigenvalue weighted by atomic mass is 16.5. The molecule has 1 atom stereocenters. The van der Waals surface area contributed by atoms with Crippen LogP contribution in [0.15, 0.2) is 0 Å². The molecule has 56 valence electrons. The number of hydrogen-bond donors (Lipinski definition) is 1. The van der Waals surface area contributed by atoms with E-state index in [1.54, 1.807) is 7.11 Å². The SMILES string of the molecule is C#CC1(COC)CCNC1. The van der Waals surface area contributed by atoms with Gasteiger partial charge in [-0.2, -0.15) is 0 Å². The zero-order chi connectivity index (χ0) is 7.45. The van der Waals surface area contributed by atoms with Crippen LogP contribution >= 0.6 is 0 Å². The zero-order valence-corrected chi connectivity index (χ0v) is 6.31. The molecule has 10 heavy (non-hydrogen) atoms. The largest absolute Gasteiger partial charge is 0.383 e. The molecule has 0 spiro atoms. The fourth-order valence-corrected chi connectivity index (χ4v) is 1.31. The molecule has 0 bridgehead atoms. The quantitative estimate of drug-likeness (QED) is 0.553. The van der Waals surface area contributed by atoms with Gasteiger partial charge in [0.05, 0.1) is 12.0 Å². The van der Waals surface area contributed by atoms with E-state index in [4.69, 9.17) is 11.2 Å². The fourth-order valence-electron chi connectivity index (χ4n) is 1.31. The molecular weight excluding hydrogens is 126 g/mol. The molecule has 2 heteroatoms. The highest BCUT2D eigenvalue weighted by molar-refractivity contribution is 5.09. The van der Waals surface area contributed by atoms with Gasteiger partial charge in [-0.05, 0) is 13.0 Å². The van der Waals surface area contributed by atoms with E-state index in [1.165, 1.54) is 0 Å². The molecule has 1 aliphatic rings. The Hall–Kier alpha value is -0.520. The molecule has 0 saturated carbocycles. The van der Waals surface area contributed by atoms with Crippen molar-refractivity contribution in [2.45, 2.75) is 6.42 Å². The average molecular weight is 139 g/mol. The topological polar surface area (TPSA) is 21.3 Å². The van der Waals surface area contributed by atoms with Gasteiger partial charge < -0.3 is 10.1 Å². The summed E-state index contributed by atoms with van der Waals surface area (Å²) in [6, 6.07) is 0. The van der Waals surface area contributed by atoms with Crippen LogP contribution in [0.25, 0.3) is 0 Å². The molecule has 1 N–H and O–H groups in total. The smallest absolute Gasteiger partial charge is 0.0680 e. The molecule has 1 rings (SSSR count). The first-order valence-electron chi connectivity index (χ1n) is 3.50. The summed E-state index contributed by atoms with van der Waals surface area (Å²) in [6.45, 7) is 2.60. The Kier molecular flexibility index (Phi) is 2.31. The van der Waals surface area contributed by atoms with Crippen molar-refractivity contribution in [1.29, 1.82) is 0 Å². The highest BCUT2D eigenvalue weighted by Crippen LogP contribution is 2.23. The summed E-state index contributed by atoms with van der Waals surface area (Å²) in [4.78, 5) is 0. The first-order chi connectivity index (χ1) is 4.83. The summed E-state index contributed by atoms with van der Waals surface area (Å²) in [5.74, 6) is 2.79. The molecule has 2 nitrogen and oxygen atoms in total. The van der Waals surface area contributed by atoms with Crippen molar-refractivity contribution in [3.8, 4) is 12.3 Å². The van der Waals surface area contributed by atoms with Crippen LogP contribution < -0.4 is 5.32 Å². The summed E-state index contributed by atoms with van der Waals surface area (Å²) in [5, 5.41) is 3.23. The summed E-state index contributed by atoms with van der Waals surface area (Å²) in [5.41, 5.74) is -0.0191. The lowest BCUT2D eigenvalue weighted by molar-refractivity contribution is 0.128. The Morgan fingerprint density at radius 3 is 3.00 bits per heavy atom. The van der Waals surface area contributed by atoms with Gasteiger partial charge in [-0.1, -0.05) is 5.92 Å². The molecule has 1 heterocycles. The lowest BCUT2D eigenvalue weighted by atomic mass is 9.90. The Morgan fingerprint density at radius 2 is 2.60 bits per heavy atom. The second-order valence-electron chi connectivity index (χ2n) is 2.78. The minimum absolute atomic E-state index is 0.0191. The summed E-state index contributed by atoms with van der Waals surface area (Å²) in [7, 11) is 1.69. The monoisotopic (exact) mass is 139 g/mol. The van der Waals surface area contributed by atoms with Crippen molar-refractivity contribution in [3.63, 3.8) is 0 Å². The Morgan fingerprint density at radius 1 is 1.80 bits per heavy atom. The van der Waals surface area contributed by atoms with Crippen molar-refractivity contribution < 1.29 is 4.74 Å². The van der Waals surface area contributed by atoms with Gasteiger partial charge in [-0.3, -0.25) is 0 Å². The number of hydrogen-bond acceptors (Lipinski definition) is 2. The van der Waals surface area contributed by atoms with E-state index >= 15 is 0 Å². The van der Waals surface area contributed by atoms with Crippen molar-refractivity contribution in [1.82, 2.24) is 5.32 Å². The number of nitrogens with one attached hydrogen (secondary N) is 1. The second-order valence-corrected chi connectivity index (χ2v) is 2.78. The molecule has 1 aliphatic heterocycles. The standard InChI is InChI=1S/C8H13NO/c1-3-8(7-10-2)4-5-9-6-8/h1,9H,4-7H2,2H3. The Labute approximate surface area is 62.0 Å². The van der Waals surface area contributed by atoms with E-state index in [2.05, 4.69) is 11.2 Å². The molecule has 1 unspecified atom stereocenters. The Bertz CT molecular complexity index is 142. The van der Waals surface area contributed by atoms with E-state index < -0.39 is 0 Å². The minimum Gasteiger partial charge on any atom is -0.383 e. The van der Waals surface area contributed by atoms with Gasteiger partial charge in [0, 0.05) is 13.7 Å². The summed E-state index contributed by atoms with van der Waals surface area (Å²) < 4.78 is 5.04. The van der Waals surface area contributed by atoms with E-state index in [9.17, 15) is 0 Å². The average Bonchev–Trinajstić information content (AvgIpc) is 2.39. The fraction of sp³-hybridized carbons (Fsp3) is 0.750. The van der Waals surface area contributed by atoms with Gasteiger partial charge in [-0.15, -0.1) is 6.42 Å². The van der Waals surface area contributed by atoms with Crippen LogP contribution in [-0.4, -0.2) is 26.8 Å². The van der Waals surface area contributed by atoms with Gasteiger partial charge >= 0.3 is 0 Å². The summed E-state index contributed by atoms with van der Waals surface area (Å²) >= 11 is 0. The highest BCUT2D eigenvalue weighted by Gasteiger charge is 2.31. The van der Waals surface area contributed by atoms with E-state index in [1.807, 2.05) is 0 Å². The maximum absolute atomic E-state index is 5.38. The van der Waals surface area contributed by atoms with Gasteiger partial charge in [0.25, 0.3) is 0 Å². The third-order valence-electron chi connectivity index (χ3n) is 1.97. The number of ether oxygens (including phenoxy) is 1. The summed E-state index contributed by atoms with van der Waals surface area (Å²) in [6.07, 6.45) is 6.42. The third-order valence-corrected chi connectivity index (χ3v) is 1.97. The normalized spacial score (nSPS) is 32.0. The van der Waals surface area contributed by atoms with Crippen LogP contribution in [0.1, 0.15) is 6.42 Å². The van der Waals surface area contributed by atoms with Crippen LogP contribution in [0, 0.1) is 17.8 Å². The van der Waals surface area contributed by atoms with Gasteiger partial charge in [0.1, 0.15) is 0 Å². The van der Waals surface area contributed by atoms with Crippen LogP contribution in [0.3, 0.4) is 0 Å². The van der Waals surface area contributed by atoms with Crippen LogP contribution in [0.4, 0.5) is 0 Å². The van der Waals surface area contributed by atoms with Crippen LogP contribution in [0.2, 0.25) is 0 Å². The first kappa shape index (κ1) is 7.59. The molecule has 0 aromatic carbocycles. The van der Waals surface area contributed by atoms with Crippen molar-refractivity contribution >= 4 is 0 Å². The molecule has 1 saturated heterocycles. The molecule has 1 fully saturated rings. The second kappa shape index (κ2) is 3.05. The van der Waals surface area contributed by atoms with E-state index in [0.717, 1.165) is 19.5 Å². The van der Waals surface area contributed by atoms with E-state index in [-0.39, 0.29) is 5.41 Å². The van der Waals surface area contributed by atoms with E-state index in [0.29, 0.717) is 6.61 Å². The maximum atomic E-state index is 5.38. The van der Waals surface area contributed by atoms with Crippen molar-refractivity contribution in [2.75, 3.05) is 26.8 Å². The van der Waals surface area contributed by atoms with Gasteiger partial charge in [0.2, 0.25) is 0 Å². The lowest BCUT2D eigenvalue weighted by Gasteiger charge is -2.19. The minimum atomic E-state index is -0.0191. The maximum Gasteiger partial charge on any atom is 0.0680 e. The van der Waals surface area contributed by atoms with Gasteiger partial charge in [-0.25, -0.2) is 0 Å². The van der Waals surface area contributed by atoms with Gasteiger partial charge in [0.15, 0.2) is 0 Å². The molecular formula is C8H13NO. The molecule has 0 aromatic rings. The molecule has 0 aromatic heterocycles. The number of rotatable bonds is 2. The first-order valence-corrected chi connectivity index (χ1v) is 3.50. The molecule has 0 aliphatic carbocycles. The Balaban J connectivity index is 2.51. The van der Waals surface area contributed by atoms with Crippen LogP contribution in [-0.2, 0) is 4.74 Å². The number of methoxy groups -OCH3 is 1. The third kappa shape index (κ3) is 1.31. The van der Waals surface area contributed by atoms with Crippen molar-refractivity contribution in [2.24, 2.45) is 5.41 Å². The zero-order valence-electron chi connectivity index (χ0n) is 6.31.